The Morgan fingerprint density at radius 1 is 1.29 bits per heavy atom. The van der Waals surface area contributed by atoms with Crippen LogP contribution in [-0.4, -0.2) is 95.5 Å². The lowest BCUT2D eigenvalue weighted by atomic mass is 10.1. The summed E-state index contributed by atoms with van der Waals surface area (Å²) in [5.41, 5.74) is 0.328. The minimum absolute atomic E-state index is 0.0373. The molecule has 4 heterocycles. The number of hydrogen-bond acceptors (Lipinski definition) is 10. The molecule has 0 unspecified atom stereocenters. The van der Waals surface area contributed by atoms with Crippen LogP contribution in [0.5, 0.6) is 0 Å². The number of imidazole rings is 1. The number of carbonyl (C=O) groups excluding carboxylic acids is 1. The van der Waals surface area contributed by atoms with E-state index in [2.05, 4.69) is 20.3 Å². The second-order valence-corrected chi connectivity index (χ2v) is 8.83. The number of fused-ring (bicyclic) bond motifs is 1. The Kier molecular flexibility index (Phi) is 5.73. The van der Waals surface area contributed by atoms with Crippen molar-refractivity contribution in [2.75, 3.05) is 25.0 Å². The van der Waals surface area contributed by atoms with Gasteiger partial charge in [0.1, 0.15) is 30.2 Å². The fourth-order valence-electron chi connectivity index (χ4n) is 3.82. The molecule has 170 valence electrons. The number of nitrogens with zero attached hydrogens (tertiary/aromatic N) is 5. The van der Waals surface area contributed by atoms with Gasteiger partial charge in [-0.15, -0.1) is 0 Å². The molecule has 0 aliphatic carbocycles. The van der Waals surface area contributed by atoms with Gasteiger partial charge in [0.15, 0.2) is 23.2 Å². The second-order valence-electron chi connectivity index (χ2n) is 8.83. The highest BCUT2D eigenvalue weighted by molar-refractivity contribution is 5.83. The van der Waals surface area contributed by atoms with Crippen molar-refractivity contribution in [3.8, 4) is 0 Å². The van der Waals surface area contributed by atoms with Crippen molar-refractivity contribution in [2.24, 2.45) is 0 Å². The van der Waals surface area contributed by atoms with Gasteiger partial charge in [-0.3, -0.25) is 4.57 Å². The Labute approximate surface area is 178 Å². The van der Waals surface area contributed by atoms with Gasteiger partial charge in [-0.1, -0.05) is 0 Å². The third-order valence-electron chi connectivity index (χ3n) is 5.33. The number of aromatic nitrogens is 4. The van der Waals surface area contributed by atoms with E-state index in [1.165, 1.54) is 17.2 Å². The van der Waals surface area contributed by atoms with Crippen LogP contribution in [0.2, 0.25) is 0 Å². The molecule has 31 heavy (non-hydrogen) atoms. The van der Waals surface area contributed by atoms with Crippen LogP contribution in [-0.2, 0) is 9.47 Å². The lowest BCUT2D eigenvalue weighted by Gasteiger charge is -2.24. The van der Waals surface area contributed by atoms with Crippen molar-refractivity contribution in [2.45, 2.75) is 63.4 Å². The number of carbonyl (C=O) groups is 1. The molecule has 0 bridgehead atoms. The number of anilines is 1. The first-order chi connectivity index (χ1) is 14.7. The molecule has 0 spiro atoms. The number of ether oxygens (including phenoxy) is 2. The van der Waals surface area contributed by atoms with Gasteiger partial charge < -0.3 is 35.0 Å². The van der Waals surface area contributed by atoms with E-state index in [1.807, 2.05) is 20.8 Å². The average molecular weight is 436 g/mol. The van der Waals surface area contributed by atoms with Crippen LogP contribution in [0.1, 0.15) is 33.4 Å². The second kappa shape index (κ2) is 8.19. The van der Waals surface area contributed by atoms with Gasteiger partial charge in [0.25, 0.3) is 0 Å². The number of hydrogen-bond donors (Lipinski definition) is 4. The van der Waals surface area contributed by atoms with Crippen LogP contribution in [0.3, 0.4) is 0 Å². The summed E-state index contributed by atoms with van der Waals surface area (Å²) >= 11 is 0. The first-order valence-electron chi connectivity index (χ1n) is 10.2. The highest BCUT2D eigenvalue weighted by Crippen LogP contribution is 2.32. The van der Waals surface area contributed by atoms with Gasteiger partial charge >= 0.3 is 6.09 Å². The molecule has 2 fully saturated rings. The smallest absolute Gasteiger partial charge is 0.410 e. The first-order valence-corrected chi connectivity index (χ1v) is 10.2. The molecule has 12 nitrogen and oxygen atoms in total. The Balaban J connectivity index is 1.49. The minimum Gasteiger partial charge on any atom is -0.444 e. The summed E-state index contributed by atoms with van der Waals surface area (Å²) in [5, 5.41) is 33.0. The topological polar surface area (TPSA) is 155 Å². The summed E-state index contributed by atoms with van der Waals surface area (Å²) in [5.74, 6) is 0.492. The molecular formula is C19H28N6O6. The highest BCUT2D eigenvalue weighted by Gasteiger charge is 2.44. The van der Waals surface area contributed by atoms with E-state index in [0.29, 0.717) is 30.1 Å². The molecule has 2 aliphatic heterocycles. The van der Waals surface area contributed by atoms with E-state index in [1.54, 1.807) is 4.90 Å². The maximum Gasteiger partial charge on any atom is 0.410 e. The van der Waals surface area contributed by atoms with Crippen molar-refractivity contribution in [1.82, 2.24) is 24.4 Å². The van der Waals surface area contributed by atoms with E-state index < -0.39 is 36.7 Å². The summed E-state index contributed by atoms with van der Waals surface area (Å²) in [6, 6.07) is -0.0373. The normalized spacial score (nSPS) is 29.0. The Bertz CT molecular complexity index is 946. The summed E-state index contributed by atoms with van der Waals surface area (Å²) in [6.45, 7) is 6.11. The zero-order chi connectivity index (χ0) is 22.3. The first kappa shape index (κ1) is 21.7. The summed E-state index contributed by atoms with van der Waals surface area (Å²) in [7, 11) is 0. The lowest BCUT2D eigenvalue weighted by molar-refractivity contribution is -0.0511. The zero-order valence-electron chi connectivity index (χ0n) is 17.7. The van der Waals surface area contributed by atoms with Gasteiger partial charge in [0, 0.05) is 19.1 Å². The number of rotatable bonds is 4. The van der Waals surface area contributed by atoms with Gasteiger partial charge in [-0.05, 0) is 27.2 Å². The highest BCUT2D eigenvalue weighted by atomic mass is 16.6. The van der Waals surface area contributed by atoms with Crippen LogP contribution in [0.25, 0.3) is 11.2 Å². The van der Waals surface area contributed by atoms with E-state index >= 15 is 0 Å². The van der Waals surface area contributed by atoms with Crippen molar-refractivity contribution >= 4 is 23.1 Å². The molecule has 0 radical (unpaired) electrons. The molecule has 5 atom stereocenters. The van der Waals surface area contributed by atoms with Crippen molar-refractivity contribution in [1.29, 1.82) is 0 Å². The monoisotopic (exact) mass is 436 g/mol. The minimum atomic E-state index is -1.24. The van der Waals surface area contributed by atoms with E-state index in [4.69, 9.17) is 9.47 Å². The molecule has 4 rings (SSSR count). The summed E-state index contributed by atoms with van der Waals surface area (Å²) < 4.78 is 12.5. The maximum absolute atomic E-state index is 12.3. The fraction of sp³-hybridized carbons (Fsp3) is 0.684. The summed E-state index contributed by atoms with van der Waals surface area (Å²) in [6.07, 6.45) is -1.10. The predicted molar refractivity (Wildman–Crippen MR) is 108 cm³/mol. The quantitative estimate of drug-likeness (QED) is 0.509. The van der Waals surface area contributed by atoms with Crippen LogP contribution in [0.15, 0.2) is 12.7 Å². The molecule has 2 aromatic rings. The van der Waals surface area contributed by atoms with Crippen molar-refractivity contribution in [3.05, 3.63) is 12.7 Å². The van der Waals surface area contributed by atoms with Crippen molar-refractivity contribution < 1.29 is 29.6 Å². The SMILES string of the molecule is CC(C)(C)OC(=O)N1CC[C@@H](Nc2ncnc3c2ncn3[C@@H]2O[C@H](CO)[C@@H](O)[C@H]2O)C1. The van der Waals surface area contributed by atoms with E-state index in [9.17, 15) is 20.1 Å². The zero-order valence-corrected chi connectivity index (χ0v) is 17.7. The Morgan fingerprint density at radius 2 is 2.06 bits per heavy atom. The third-order valence-corrected chi connectivity index (χ3v) is 5.33. The van der Waals surface area contributed by atoms with E-state index in [-0.39, 0.29) is 12.1 Å². The van der Waals surface area contributed by atoms with Crippen LogP contribution in [0, 0.1) is 0 Å². The third kappa shape index (κ3) is 4.28. The molecule has 0 saturated carbocycles. The molecule has 2 aliphatic rings. The molecule has 0 aromatic carbocycles. The number of aliphatic hydroxyl groups is 3. The van der Waals surface area contributed by atoms with Crippen LogP contribution < -0.4 is 5.32 Å². The van der Waals surface area contributed by atoms with Gasteiger partial charge in [-0.2, -0.15) is 0 Å². The molecule has 2 saturated heterocycles. The predicted octanol–water partition coefficient (Wildman–Crippen LogP) is -0.141. The fourth-order valence-corrected chi connectivity index (χ4v) is 3.82. The average Bonchev–Trinajstić information content (AvgIpc) is 3.40. The standard InChI is InChI=1S/C19H28N6O6/c1-19(2,3)31-18(29)24-5-4-10(6-24)23-15-12-16(21-8-20-15)25(9-22-12)17-14(28)13(27)11(7-26)30-17/h8-11,13-14,17,26-28H,4-7H2,1-3H3,(H,20,21,23)/t10-,11-,13-,14-,17-/m1/s1. The number of likely N-dealkylation sites (tertiary alicyclic amines) is 1. The number of aliphatic hydroxyl groups excluding tert-OH is 3. The molecule has 12 heteroatoms. The molecular weight excluding hydrogens is 408 g/mol. The number of amides is 1. The largest absolute Gasteiger partial charge is 0.444 e. The maximum atomic E-state index is 12.3. The van der Waals surface area contributed by atoms with Gasteiger partial charge in [-0.25, -0.2) is 19.7 Å². The Hall–Kier alpha value is -2.54. The lowest BCUT2D eigenvalue weighted by Crippen LogP contribution is -2.36. The van der Waals surface area contributed by atoms with Gasteiger partial charge in [0.05, 0.1) is 12.9 Å². The molecule has 4 N–H and O–H groups in total. The molecule has 1 amide bonds. The van der Waals surface area contributed by atoms with Gasteiger partial charge in [0.2, 0.25) is 0 Å². The number of nitrogens with one attached hydrogen (secondary N) is 1. The van der Waals surface area contributed by atoms with Crippen molar-refractivity contribution in [3.63, 3.8) is 0 Å². The van der Waals surface area contributed by atoms with Crippen LogP contribution >= 0.6 is 0 Å². The summed E-state index contributed by atoms with van der Waals surface area (Å²) in [4.78, 5) is 26.8. The van der Waals surface area contributed by atoms with Crippen LogP contribution in [0.4, 0.5) is 10.6 Å². The van der Waals surface area contributed by atoms with E-state index in [0.717, 1.165) is 6.42 Å². The Morgan fingerprint density at radius 3 is 2.74 bits per heavy atom. The molecule has 2 aromatic heterocycles.